The second-order valence-corrected chi connectivity index (χ2v) is 5.04. The number of benzene rings is 2. The summed E-state index contributed by atoms with van der Waals surface area (Å²) < 4.78 is 81.0. The van der Waals surface area contributed by atoms with Crippen LogP contribution in [-0.2, 0) is 11.9 Å². The Balaban J connectivity index is 0.000000260. The number of alkyl halides is 5. The summed E-state index contributed by atoms with van der Waals surface area (Å²) in [5, 5.41) is 8.79. The van der Waals surface area contributed by atoms with E-state index in [0.717, 1.165) is 6.07 Å². The van der Waals surface area contributed by atoms with Crippen molar-refractivity contribution in [1.29, 1.82) is 0 Å². The lowest BCUT2D eigenvalue weighted by Crippen LogP contribution is -2.05. The minimum absolute atomic E-state index is 0.0998. The van der Waals surface area contributed by atoms with Gasteiger partial charge in [0.15, 0.2) is 0 Å². The molecular weight excluding hydrogens is 434 g/mol. The van der Waals surface area contributed by atoms with Crippen LogP contribution in [0.2, 0.25) is 0 Å². The molecule has 144 valence electrons. The van der Waals surface area contributed by atoms with Crippen LogP contribution in [0.1, 0.15) is 11.1 Å². The van der Waals surface area contributed by atoms with E-state index in [1.54, 1.807) is 0 Å². The molecule has 0 heterocycles. The predicted octanol–water partition coefficient (Wildman–Crippen LogP) is 5.24. The van der Waals surface area contributed by atoms with Crippen molar-refractivity contribution in [3.63, 3.8) is 0 Å². The summed E-state index contributed by atoms with van der Waals surface area (Å²) in [6, 6.07) is 7.26. The van der Waals surface area contributed by atoms with E-state index in [9.17, 15) is 26.3 Å². The van der Waals surface area contributed by atoms with Gasteiger partial charge in [-0.2, -0.15) is 17.6 Å². The van der Waals surface area contributed by atoms with Gasteiger partial charge in [-0.3, -0.25) is 0 Å². The number of aliphatic hydroxyl groups is 1. The molecule has 3 nitrogen and oxygen atoms in total. The molecule has 0 radical (unpaired) electrons. The van der Waals surface area contributed by atoms with Crippen molar-refractivity contribution >= 4 is 15.9 Å². The van der Waals surface area contributed by atoms with Gasteiger partial charge in [0.2, 0.25) is 0 Å². The number of rotatable bonds is 6. The molecule has 0 bridgehead atoms. The number of ether oxygens (including phenoxy) is 2. The van der Waals surface area contributed by atoms with Gasteiger partial charge in [-0.25, -0.2) is 8.78 Å². The van der Waals surface area contributed by atoms with Crippen LogP contribution in [0, 0.1) is 11.6 Å². The molecule has 0 aliphatic heterocycles. The Kier molecular flexibility index (Phi) is 9.28. The predicted molar refractivity (Wildman–Crippen MR) is 84.6 cm³/mol. The van der Waals surface area contributed by atoms with Gasteiger partial charge >= 0.3 is 13.2 Å². The molecule has 10 heteroatoms. The van der Waals surface area contributed by atoms with Crippen molar-refractivity contribution in [3.05, 3.63) is 59.2 Å². The topological polar surface area (TPSA) is 38.7 Å². The number of hydrogen-bond donors (Lipinski definition) is 1. The molecule has 0 saturated heterocycles. The molecule has 0 spiro atoms. The van der Waals surface area contributed by atoms with Gasteiger partial charge in [-0.05, 0) is 24.3 Å². The Bertz CT molecular complexity index is 640. The third-order valence-electron chi connectivity index (χ3n) is 2.88. The van der Waals surface area contributed by atoms with Gasteiger partial charge in [-0.15, -0.1) is 0 Å². The molecule has 26 heavy (non-hydrogen) atoms. The van der Waals surface area contributed by atoms with E-state index in [1.807, 2.05) is 0 Å². The standard InChI is InChI=1S/C8H6BrF3O.C8H7F3O2/c9-4-5-6(10)2-1-3-7(5)13-8(11)12;9-6-2-1-3-7(5(6)4-12)13-8(10)11/h1-3,8H,4H2;1-3,8,12H,4H2. The zero-order valence-corrected chi connectivity index (χ0v) is 14.5. The first-order chi connectivity index (χ1) is 12.3. The Morgan fingerprint density at radius 1 is 0.808 bits per heavy atom. The van der Waals surface area contributed by atoms with E-state index in [2.05, 4.69) is 25.4 Å². The van der Waals surface area contributed by atoms with Crippen LogP contribution in [0.4, 0.5) is 26.3 Å². The normalized spacial score (nSPS) is 10.5. The highest BCUT2D eigenvalue weighted by atomic mass is 79.9. The van der Waals surface area contributed by atoms with Crippen LogP contribution in [0.15, 0.2) is 36.4 Å². The van der Waals surface area contributed by atoms with E-state index >= 15 is 0 Å². The molecule has 0 saturated carbocycles. The molecule has 0 aliphatic rings. The van der Waals surface area contributed by atoms with Gasteiger partial charge in [0, 0.05) is 10.9 Å². The van der Waals surface area contributed by atoms with Crippen LogP contribution < -0.4 is 9.47 Å². The van der Waals surface area contributed by atoms with Crippen LogP contribution in [-0.4, -0.2) is 18.3 Å². The molecule has 0 aromatic heterocycles. The Morgan fingerprint density at radius 3 is 1.62 bits per heavy atom. The Morgan fingerprint density at radius 2 is 1.23 bits per heavy atom. The third kappa shape index (κ3) is 6.75. The molecular formula is C16H13BrF6O3. The number of aliphatic hydroxyl groups excluding tert-OH is 1. The second kappa shape index (κ2) is 10.9. The molecule has 0 amide bonds. The van der Waals surface area contributed by atoms with Gasteiger partial charge in [0.05, 0.1) is 12.2 Å². The van der Waals surface area contributed by atoms with E-state index in [4.69, 9.17) is 5.11 Å². The second-order valence-electron chi connectivity index (χ2n) is 4.48. The third-order valence-corrected chi connectivity index (χ3v) is 3.44. The van der Waals surface area contributed by atoms with Crippen LogP contribution in [0.5, 0.6) is 11.5 Å². The fraction of sp³-hybridized carbons (Fsp3) is 0.250. The van der Waals surface area contributed by atoms with Gasteiger partial charge < -0.3 is 14.6 Å². The van der Waals surface area contributed by atoms with Gasteiger partial charge in [-0.1, -0.05) is 28.1 Å². The quantitative estimate of drug-likeness (QED) is 0.487. The molecule has 1 N–H and O–H groups in total. The van der Waals surface area contributed by atoms with Gasteiger partial charge in [0.1, 0.15) is 23.1 Å². The minimum Gasteiger partial charge on any atom is -0.434 e. The summed E-state index contributed by atoms with van der Waals surface area (Å²) in [6.07, 6.45) is 0. The molecule has 2 aromatic carbocycles. The van der Waals surface area contributed by atoms with E-state index in [-0.39, 0.29) is 28.0 Å². The van der Waals surface area contributed by atoms with Crippen molar-refractivity contribution in [1.82, 2.24) is 0 Å². The molecule has 0 unspecified atom stereocenters. The summed E-state index contributed by atoms with van der Waals surface area (Å²) >= 11 is 2.98. The fourth-order valence-corrected chi connectivity index (χ4v) is 2.32. The van der Waals surface area contributed by atoms with Gasteiger partial charge in [0.25, 0.3) is 0 Å². The molecule has 2 rings (SSSR count). The summed E-state index contributed by atoms with van der Waals surface area (Å²) in [7, 11) is 0. The smallest absolute Gasteiger partial charge is 0.387 e. The number of halogens is 7. The van der Waals surface area contributed by atoms with E-state index in [0.29, 0.717) is 0 Å². The highest BCUT2D eigenvalue weighted by molar-refractivity contribution is 9.08. The molecule has 0 aliphatic carbocycles. The van der Waals surface area contributed by atoms with Crippen molar-refractivity contribution in [2.45, 2.75) is 25.2 Å². The SMILES string of the molecule is Fc1cccc(OC(F)F)c1CBr.OCc1c(F)cccc1OC(F)F. The maximum atomic E-state index is 12.9. The van der Waals surface area contributed by atoms with E-state index < -0.39 is 31.5 Å². The average Bonchev–Trinajstić information content (AvgIpc) is 2.55. The van der Waals surface area contributed by atoms with Crippen molar-refractivity contribution < 1.29 is 40.9 Å². The van der Waals surface area contributed by atoms with Crippen LogP contribution in [0.3, 0.4) is 0 Å². The van der Waals surface area contributed by atoms with Crippen LogP contribution in [0.25, 0.3) is 0 Å². The lowest BCUT2D eigenvalue weighted by atomic mass is 10.2. The van der Waals surface area contributed by atoms with Crippen molar-refractivity contribution in [2.24, 2.45) is 0 Å². The maximum Gasteiger partial charge on any atom is 0.387 e. The summed E-state index contributed by atoms with van der Waals surface area (Å²) in [6.45, 7) is -6.62. The van der Waals surface area contributed by atoms with Crippen molar-refractivity contribution in [3.8, 4) is 11.5 Å². The van der Waals surface area contributed by atoms with Crippen molar-refractivity contribution in [2.75, 3.05) is 0 Å². The first-order valence-corrected chi connectivity index (χ1v) is 8.03. The largest absolute Gasteiger partial charge is 0.434 e. The molecule has 2 aromatic rings. The lowest BCUT2D eigenvalue weighted by molar-refractivity contribution is -0.0516. The first-order valence-electron chi connectivity index (χ1n) is 6.91. The summed E-state index contributed by atoms with van der Waals surface area (Å²) in [5.41, 5.74) is -0.161. The lowest BCUT2D eigenvalue weighted by Gasteiger charge is -2.08. The fourth-order valence-electron chi connectivity index (χ4n) is 1.77. The summed E-state index contributed by atoms with van der Waals surface area (Å²) in [5.74, 6) is -1.79. The highest BCUT2D eigenvalue weighted by Gasteiger charge is 2.13. The maximum absolute atomic E-state index is 12.9. The Hall–Kier alpha value is -1.94. The molecule has 0 atom stereocenters. The monoisotopic (exact) mass is 446 g/mol. The first kappa shape index (κ1) is 22.1. The molecule has 0 fully saturated rings. The Labute approximate surface area is 153 Å². The zero-order valence-electron chi connectivity index (χ0n) is 12.9. The van der Waals surface area contributed by atoms with Crippen LogP contribution >= 0.6 is 15.9 Å². The van der Waals surface area contributed by atoms with E-state index in [1.165, 1.54) is 30.3 Å². The average molecular weight is 447 g/mol. The number of hydrogen-bond acceptors (Lipinski definition) is 3. The minimum atomic E-state index is -3.02. The zero-order chi connectivity index (χ0) is 19.7. The summed E-state index contributed by atoms with van der Waals surface area (Å²) in [4.78, 5) is 0. The highest BCUT2D eigenvalue weighted by Crippen LogP contribution is 2.25.